The van der Waals surface area contributed by atoms with Gasteiger partial charge in [-0.2, -0.15) is 0 Å². The zero-order valence-corrected chi connectivity index (χ0v) is 18.8. The molecule has 0 bridgehead atoms. The van der Waals surface area contributed by atoms with E-state index in [-0.39, 0.29) is 23.5 Å². The van der Waals surface area contributed by atoms with Crippen LogP contribution in [0.2, 0.25) is 5.04 Å². The zero-order chi connectivity index (χ0) is 21.8. The second kappa shape index (κ2) is 7.21. The lowest BCUT2D eigenvalue weighted by Gasteiger charge is -2.44. The lowest BCUT2D eigenvalue weighted by molar-refractivity contribution is -0.148. The van der Waals surface area contributed by atoms with Crippen molar-refractivity contribution in [2.45, 2.75) is 44.1 Å². The highest BCUT2D eigenvalue weighted by Gasteiger charge is 2.70. The Morgan fingerprint density at radius 2 is 1.39 bits per heavy atom. The Kier molecular flexibility index (Phi) is 4.71. The van der Waals surface area contributed by atoms with Crippen LogP contribution < -0.4 is 10.4 Å². The topological polar surface area (TPSA) is 71.1 Å². The Bertz CT molecular complexity index is 947. The lowest BCUT2D eigenvalue weighted by atomic mass is 9.67. The van der Waals surface area contributed by atoms with Gasteiger partial charge in [-0.3, -0.25) is 4.79 Å². The molecule has 31 heavy (non-hydrogen) atoms. The molecule has 6 nitrogen and oxygen atoms in total. The summed E-state index contributed by atoms with van der Waals surface area (Å²) in [5.41, 5.74) is 0. The molecule has 0 aromatic heterocycles. The molecule has 5 rings (SSSR count). The van der Waals surface area contributed by atoms with Crippen molar-refractivity contribution in [2.75, 3.05) is 6.61 Å². The Balaban J connectivity index is 1.49. The van der Waals surface area contributed by atoms with Crippen LogP contribution in [0, 0.1) is 11.8 Å². The molecule has 0 unspecified atom stereocenters. The average molecular weight is 439 g/mol. The Hall–Kier alpha value is -2.64. The molecule has 5 atom stereocenters. The molecule has 0 spiro atoms. The number of benzene rings is 2. The number of esters is 1. The van der Waals surface area contributed by atoms with Crippen molar-refractivity contribution in [3.63, 3.8) is 0 Å². The molecule has 162 valence electrons. The first-order valence-electron chi connectivity index (χ1n) is 10.7. The fourth-order valence-electron chi connectivity index (χ4n) is 5.39. The van der Waals surface area contributed by atoms with E-state index in [0.717, 1.165) is 10.4 Å². The first-order valence-corrected chi connectivity index (χ1v) is 12.6. The summed E-state index contributed by atoms with van der Waals surface area (Å²) in [6.07, 6.45) is -2.13. The maximum absolute atomic E-state index is 12.4. The molecule has 0 radical (unpaired) electrons. The third-order valence-corrected chi connectivity index (χ3v) is 11.8. The second-order valence-electron chi connectivity index (χ2n) is 9.47. The molecule has 2 aliphatic heterocycles. The Morgan fingerprint density at radius 1 is 0.839 bits per heavy atom. The molecular formula is C24H26O6Si. The highest BCUT2D eigenvalue weighted by atomic mass is 28.4. The van der Waals surface area contributed by atoms with Gasteiger partial charge in [0.25, 0.3) is 8.32 Å². The van der Waals surface area contributed by atoms with E-state index < -0.39 is 38.7 Å². The van der Waals surface area contributed by atoms with Crippen molar-refractivity contribution in [1.29, 1.82) is 0 Å². The summed E-state index contributed by atoms with van der Waals surface area (Å²) in [5.74, 6) is -1.01. The molecular weight excluding hydrogens is 412 g/mol. The fraction of sp³-hybridized carbons (Fsp3) is 0.417. The number of carbonyl (C=O) groups excluding carboxylic acids is 2. The molecule has 2 saturated heterocycles. The standard InChI is InChI=1S/C24H26O6Si/c1-24(2,3)31(15-10-6-4-7-11-15,16-12-8-5-9-13-16)27-14-17-18-19(22(25)28-17)21-20(18)29-23(26)30-21/h4-13,17-21H,14H2,1-3H3/t17-,18+,19-,20-,21+/m1/s1. The van der Waals surface area contributed by atoms with Crippen LogP contribution in [0.25, 0.3) is 0 Å². The first kappa shape index (κ1) is 20.3. The maximum atomic E-state index is 12.4. The number of hydrogen-bond acceptors (Lipinski definition) is 6. The highest BCUT2D eigenvalue weighted by molar-refractivity contribution is 6.99. The van der Waals surface area contributed by atoms with Crippen LogP contribution in [0.4, 0.5) is 4.79 Å². The van der Waals surface area contributed by atoms with Gasteiger partial charge in [0.2, 0.25) is 0 Å². The number of cyclic esters (lactones) is 1. The number of hydrogen-bond donors (Lipinski definition) is 0. The zero-order valence-electron chi connectivity index (χ0n) is 17.8. The van der Waals surface area contributed by atoms with E-state index in [2.05, 4.69) is 45.0 Å². The summed E-state index contributed by atoms with van der Waals surface area (Å²) in [5, 5.41) is 2.15. The van der Waals surface area contributed by atoms with E-state index in [1.165, 1.54) is 0 Å². The number of carbonyl (C=O) groups is 2. The van der Waals surface area contributed by atoms with Crippen LogP contribution in [0.15, 0.2) is 60.7 Å². The quantitative estimate of drug-likeness (QED) is 0.528. The summed E-state index contributed by atoms with van der Waals surface area (Å²) in [6, 6.07) is 20.6. The van der Waals surface area contributed by atoms with Gasteiger partial charge in [-0.1, -0.05) is 81.4 Å². The molecule has 1 aliphatic carbocycles. The van der Waals surface area contributed by atoms with Crippen molar-refractivity contribution < 1.29 is 28.2 Å². The summed E-state index contributed by atoms with van der Waals surface area (Å²) in [4.78, 5) is 24.0. The van der Waals surface area contributed by atoms with E-state index in [1.807, 2.05) is 36.4 Å². The van der Waals surface area contributed by atoms with E-state index in [4.69, 9.17) is 18.6 Å². The summed E-state index contributed by atoms with van der Waals surface area (Å²) >= 11 is 0. The van der Waals surface area contributed by atoms with Crippen molar-refractivity contribution >= 4 is 30.8 Å². The van der Waals surface area contributed by atoms with Crippen LogP contribution in [0.5, 0.6) is 0 Å². The van der Waals surface area contributed by atoms with Gasteiger partial charge in [0.15, 0.2) is 12.2 Å². The SMILES string of the molecule is CC(C)(C)[Si](OC[C@H]1OC(=O)[C@H]2[C@@H]3OC(=O)O[C@@H]3[C@H]21)(c1ccccc1)c1ccccc1. The van der Waals surface area contributed by atoms with Gasteiger partial charge in [-0.05, 0) is 15.4 Å². The molecule has 0 amide bonds. The van der Waals surface area contributed by atoms with Gasteiger partial charge < -0.3 is 18.6 Å². The van der Waals surface area contributed by atoms with Crippen LogP contribution in [0.1, 0.15) is 20.8 Å². The monoisotopic (exact) mass is 438 g/mol. The molecule has 0 N–H and O–H groups in total. The largest absolute Gasteiger partial charge is 0.509 e. The van der Waals surface area contributed by atoms with Gasteiger partial charge in [0.1, 0.15) is 12.0 Å². The van der Waals surface area contributed by atoms with E-state index in [1.54, 1.807) is 0 Å². The normalized spacial score (nSPS) is 29.3. The second-order valence-corrected chi connectivity index (χ2v) is 13.8. The molecule has 7 heteroatoms. The average Bonchev–Trinajstić information content (AvgIpc) is 3.20. The third-order valence-electron chi connectivity index (χ3n) is 6.79. The molecule has 1 saturated carbocycles. The van der Waals surface area contributed by atoms with Crippen LogP contribution in [-0.2, 0) is 23.4 Å². The number of ether oxygens (including phenoxy) is 3. The van der Waals surface area contributed by atoms with Gasteiger partial charge in [-0.15, -0.1) is 0 Å². The molecule has 3 aliphatic rings. The Morgan fingerprint density at radius 3 is 1.94 bits per heavy atom. The van der Waals surface area contributed by atoms with Crippen molar-refractivity contribution in [1.82, 2.24) is 0 Å². The van der Waals surface area contributed by atoms with E-state index in [0.29, 0.717) is 0 Å². The minimum atomic E-state index is -2.74. The smallest absolute Gasteiger partial charge is 0.459 e. The van der Waals surface area contributed by atoms with Crippen LogP contribution in [-0.4, -0.2) is 45.4 Å². The first-order chi connectivity index (χ1) is 14.8. The van der Waals surface area contributed by atoms with Crippen LogP contribution >= 0.6 is 0 Å². The third kappa shape index (κ3) is 3.02. The van der Waals surface area contributed by atoms with Crippen molar-refractivity contribution in [2.24, 2.45) is 11.8 Å². The predicted molar refractivity (Wildman–Crippen MR) is 116 cm³/mol. The number of rotatable bonds is 5. The summed E-state index contributed by atoms with van der Waals surface area (Å²) in [6.45, 7) is 6.86. The van der Waals surface area contributed by atoms with Crippen molar-refractivity contribution in [3.8, 4) is 0 Å². The lowest BCUT2D eigenvalue weighted by Crippen LogP contribution is -2.67. The highest BCUT2D eigenvalue weighted by Crippen LogP contribution is 2.51. The summed E-state index contributed by atoms with van der Waals surface area (Å²) < 4.78 is 23.0. The minimum Gasteiger partial charge on any atom is -0.459 e. The fourth-order valence-corrected chi connectivity index (χ4v) is 9.96. The molecule has 2 aromatic carbocycles. The van der Waals surface area contributed by atoms with Gasteiger partial charge in [-0.25, -0.2) is 4.79 Å². The Labute approximate surface area is 182 Å². The van der Waals surface area contributed by atoms with Crippen molar-refractivity contribution in [3.05, 3.63) is 60.7 Å². The predicted octanol–water partition coefficient (Wildman–Crippen LogP) is 2.64. The van der Waals surface area contributed by atoms with E-state index >= 15 is 0 Å². The molecule has 2 heterocycles. The van der Waals surface area contributed by atoms with Gasteiger partial charge >= 0.3 is 12.1 Å². The van der Waals surface area contributed by atoms with E-state index in [9.17, 15) is 9.59 Å². The molecule has 3 fully saturated rings. The minimum absolute atomic E-state index is 0.178. The molecule has 2 aromatic rings. The number of fused-ring (bicyclic) bond motifs is 4. The van der Waals surface area contributed by atoms with Gasteiger partial charge in [0.05, 0.1) is 12.5 Å². The van der Waals surface area contributed by atoms with Gasteiger partial charge in [0, 0.05) is 0 Å². The maximum Gasteiger partial charge on any atom is 0.509 e. The summed E-state index contributed by atoms with van der Waals surface area (Å²) in [7, 11) is -2.74. The van der Waals surface area contributed by atoms with Crippen LogP contribution in [0.3, 0.4) is 0 Å².